The number of halogens is 1. The van der Waals surface area contributed by atoms with E-state index in [9.17, 15) is 23.6 Å². The summed E-state index contributed by atoms with van der Waals surface area (Å²) in [5.41, 5.74) is 0.644. The highest BCUT2D eigenvalue weighted by atomic mass is 19.1. The van der Waals surface area contributed by atoms with E-state index in [4.69, 9.17) is 4.74 Å². The molecule has 0 saturated carbocycles. The third-order valence-corrected chi connectivity index (χ3v) is 4.86. The van der Waals surface area contributed by atoms with Gasteiger partial charge >= 0.3 is 5.97 Å². The Balaban J connectivity index is 2.03. The number of aryl methyl sites for hydroxylation is 1. The third kappa shape index (κ3) is 6.86. The van der Waals surface area contributed by atoms with Gasteiger partial charge in [0.05, 0.1) is 12.8 Å². The van der Waals surface area contributed by atoms with Crippen LogP contribution in [0.1, 0.15) is 43.2 Å². The second-order valence-corrected chi connectivity index (χ2v) is 7.23. The van der Waals surface area contributed by atoms with Gasteiger partial charge in [-0.15, -0.1) is 0 Å². The standard InChI is InChI=1S/C22H28FN5O5/c1-5-19(29)26-17(22(32)33-4)12-14-7-8-16(15(23)11-14)27-20(30)13(3)25-21(31)18-9-10-24-28(18)6-2/h7-11,13,17H,5-6,12H2,1-4H3,(H,25,31)(H,26,29)(H,27,30)/t13-,17+/m0/s1. The number of anilines is 1. The van der Waals surface area contributed by atoms with Crippen molar-refractivity contribution in [2.24, 2.45) is 0 Å². The summed E-state index contributed by atoms with van der Waals surface area (Å²) < 4.78 is 20.8. The lowest BCUT2D eigenvalue weighted by Crippen LogP contribution is -2.43. The average Bonchev–Trinajstić information content (AvgIpc) is 3.28. The number of carbonyl (C=O) groups excluding carboxylic acids is 4. The first-order chi connectivity index (χ1) is 15.7. The summed E-state index contributed by atoms with van der Waals surface area (Å²) in [6.45, 7) is 5.44. The van der Waals surface area contributed by atoms with E-state index in [1.54, 1.807) is 6.92 Å². The predicted molar refractivity (Wildman–Crippen MR) is 118 cm³/mol. The van der Waals surface area contributed by atoms with Crippen molar-refractivity contribution >= 4 is 29.4 Å². The van der Waals surface area contributed by atoms with Crippen molar-refractivity contribution in [3.05, 3.63) is 47.5 Å². The molecule has 1 heterocycles. The second-order valence-electron chi connectivity index (χ2n) is 7.23. The number of nitrogens with zero attached hydrogens (tertiary/aromatic N) is 2. The maximum absolute atomic E-state index is 14.6. The minimum Gasteiger partial charge on any atom is -0.467 e. The van der Waals surface area contributed by atoms with Crippen molar-refractivity contribution in [1.82, 2.24) is 20.4 Å². The van der Waals surface area contributed by atoms with Crippen molar-refractivity contribution in [1.29, 1.82) is 0 Å². The first-order valence-electron chi connectivity index (χ1n) is 10.5. The van der Waals surface area contributed by atoms with Crippen LogP contribution in [0.4, 0.5) is 10.1 Å². The molecule has 2 aromatic rings. The minimum absolute atomic E-state index is 0.0150. The van der Waals surface area contributed by atoms with Crippen molar-refractivity contribution in [3.63, 3.8) is 0 Å². The summed E-state index contributed by atoms with van der Waals surface area (Å²) in [5, 5.41) is 11.5. The van der Waals surface area contributed by atoms with Crippen LogP contribution in [0.2, 0.25) is 0 Å². The monoisotopic (exact) mass is 461 g/mol. The van der Waals surface area contributed by atoms with Gasteiger partial charge in [-0.1, -0.05) is 13.0 Å². The summed E-state index contributed by atoms with van der Waals surface area (Å²) in [5.74, 6) is -2.80. The molecule has 10 nitrogen and oxygen atoms in total. The Labute approximate surface area is 190 Å². The van der Waals surface area contributed by atoms with Crippen LogP contribution < -0.4 is 16.0 Å². The first kappa shape index (κ1) is 25.5. The molecule has 33 heavy (non-hydrogen) atoms. The predicted octanol–water partition coefficient (Wildman–Crippen LogP) is 1.41. The van der Waals surface area contributed by atoms with E-state index in [1.165, 1.54) is 43.1 Å². The number of esters is 1. The number of nitrogens with one attached hydrogen (secondary N) is 3. The van der Waals surface area contributed by atoms with E-state index in [0.717, 1.165) is 6.07 Å². The molecule has 0 saturated heterocycles. The van der Waals surface area contributed by atoms with Crippen molar-refractivity contribution < 1.29 is 28.3 Å². The fourth-order valence-electron chi connectivity index (χ4n) is 3.01. The fourth-order valence-corrected chi connectivity index (χ4v) is 3.01. The Bertz CT molecular complexity index is 1020. The van der Waals surface area contributed by atoms with E-state index < -0.39 is 35.7 Å². The number of aromatic nitrogens is 2. The van der Waals surface area contributed by atoms with Crippen molar-refractivity contribution in [2.45, 2.75) is 52.2 Å². The third-order valence-electron chi connectivity index (χ3n) is 4.86. The topological polar surface area (TPSA) is 131 Å². The molecule has 3 N–H and O–H groups in total. The summed E-state index contributed by atoms with van der Waals surface area (Å²) in [6.07, 6.45) is 1.68. The Hall–Kier alpha value is -3.76. The molecule has 0 radical (unpaired) electrons. The first-order valence-corrected chi connectivity index (χ1v) is 10.5. The normalized spacial score (nSPS) is 12.4. The van der Waals surface area contributed by atoms with Gasteiger partial charge in [-0.25, -0.2) is 9.18 Å². The van der Waals surface area contributed by atoms with Gasteiger partial charge < -0.3 is 20.7 Å². The minimum atomic E-state index is -0.964. The number of benzene rings is 1. The second kappa shape index (κ2) is 11.7. The maximum atomic E-state index is 14.6. The SMILES string of the molecule is CCC(=O)N[C@H](Cc1ccc(NC(=O)[C@H](C)NC(=O)c2ccnn2CC)c(F)c1)C(=O)OC. The van der Waals surface area contributed by atoms with E-state index in [0.29, 0.717) is 17.8 Å². The van der Waals surface area contributed by atoms with Crippen LogP contribution in [-0.4, -0.2) is 52.7 Å². The zero-order valence-electron chi connectivity index (χ0n) is 19.0. The molecule has 3 amide bonds. The molecule has 2 rings (SSSR count). The van der Waals surface area contributed by atoms with Crippen LogP contribution >= 0.6 is 0 Å². The molecule has 0 fully saturated rings. The molecule has 2 atom stereocenters. The Kier molecular flexibility index (Phi) is 9.08. The molecule has 0 spiro atoms. The fraction of sp³-hybridized carbons (Fsp3) is 0.409. The number of methoxy groups -OCH3 is 1. The van der Waals surface area contributed by atoms with E-state index in [-0.39, 0.29) is 24.4 Å². The van der Waals surface area contributed by atoms with E-state index in [1.807, 2.05) is 6.92 Å². The summed E-state index contributed by atoms with van der Waals surface area (Å²) in [4.78, 5) is 48.4. The number of hydrogen-bond acceptors (Lipinski definition) is 6. The number of carbonyl (C=O) groups is 4. The number of hydrogen-bond donors (Lipinski definition) is 3. The molecule has 1 aromatic carbocycles. The Morgan fingerprint density at radius 1 is 1.15 bits per heavy atom. The Morgan fingerprint density at radius 3 is 2.48 bits per heavy atom. The summed E-state index contributed by atoms with van der Waals surface area (Å²) in [6, 6.07) is 3.66. The number of ether oxygens (including phenoxy) is 1. The summed E-state index contributed by atoms with van der Waals surface area (Å²) in [7, 11) is 1.20. The van der Waals surface area contributed by atoms with Gasteiger partial charge in [0.1, 0.15) is 23.6 Å². The van der Waals surface area contributed by atoms with Crippen molar-refractivity contribution in [2.75, 3.05) is 12.4 Å². The highest BCUT2D eigenvalue weighted by Gasteiger charge is 2.23. The van der Waals surface area contributed by atoms with E-state index in [2.05, 4.69) is 21.0 Å². The van der Waals surface area contributed by atoms with Crippen LogP contribution in [-0.2, 0) is 32.1 Å². The van der Waals surface area contributed by atoms with Gasteiger partial charge in [-0.3, -0.25) is 19.1 Å². The lowest BCUT2D eigenvalue weighted by atomic mass is 10.0. The zero-order chi connectivity index (χ0) is 24.5. The molecule has 0 aliphatic carbocycles. The van der Waals surface area contributed by atoms with Gasteiger partial charge in [-0.05, 0) is 37.6 Å². The van der Waals surface area contributed by atoms with Crippen LogP contribution in [0.25, 0.3) is 0 Å². The number of rotatable bonds is 10. The lowest BCUT2D eigenvalue weighted by Gasteiger charge is -2.17. The largest absolute Gasteiger partial charge is 0.467 e. The van der Waals surface area contributed by atoms with Gasteiger partial charge in [0.2, 0.25) is 11.8 Å². The molecule has 0 aliphatic rings. The summed E-state index contributed by atoms with van der Waals surface area (Å²) >= 11 is 0. The van der Waals surface area contributed by atoms with Crippen LogP contribution in [0.3, 0.4) is 0 Å². The van der Waals surface area contributed by atoms with E-state index >= 15 is 0 Å². The average molecular weight is 461 g/mol. The molecule has 0 unspecified atom stereocenters. The van der Waals surface area contributed by atoms with Crippen molar-refractivity contribution in [3.8, 4) is 0 Å². The molecule has 0 bridgehead atoms. The maximum Gasteiger partial charge on any atom is 0.328 e. The zero-order valence-corrected chi connectivity index (χ0v) is 19.0. The highest BCUT2D eigenvalue weighted by Crippen LogP contribution is 2.18. The molecular weight excluding hydrogens is 433 g/mol. The highest BCUT2D eigenvalue weighted by molar-refractivity contribution is 6.00. The molecule has 11 heteroatoms. The van der Waals surface area contributed by atoms with Crippen LogP contribution in [0, 0.1) is 5.82 Å². The van der Waals surface area contributed by atoms with Gasteiger partial charge in [0, 0.05) is 25.6 Å². The van der Waals surface area contributed by atoms with Gasteiger partial charge in [-0.2, -0.15) is 5.10 Å². The van der Waals surface area contributed by atoms with Crippen LogP contribution in [0.15, 0.2) is 30.5 Å². The smallest absolute Gasteiger partial charge is 0.328 e. The molecule has 1 aromatic heterocycles. The molecular formula is C22H28FN5O5. The van der Waals surface area contributed by atoms with Gasteiger partial charge in [0.25, 0.3) is 5.91 Å². The number of amides is 3. The molecule has 178 valence electrons. The van der Waals surface area contributed by atoms with Gasteiger partial charge in [0.15, 0.2) is 0 Å². The Morgan fingerprint density at radius 2 is 1.88 bits per heavy atom. The quantitative estimate of drug-likeness (QED) is 0.459. The van der Waals surface area contributed by atoms with Crippen LogP contribution in [0.5, 0.6) is 0 Å². The molecule has 0 aliphatic heterocycles. The lowest BCUT2D eigenvalue weighted by molar-refractivity contribution is -0.145.